The second-order valence-corrected chi connectivity index (χ2v) is 10.8. The van der Waals surface area contributed by atoms with E-state index in [9.17, 15) is 8.42 Å². The first-order valence-electron chi connectivity index (χ1n) is 10.9. The molecule has 0 spiro atoms. The Morgan fingerprint density at radius 1 is 0.727 bits per heavy atom. The van der Waals surface area contributed by atoms with E-state index in [1.807, 2.05) is 54.6 Å². The Hall–Kier alpha value is -2.81. The summed E-state index contributed by atoms with van der Waals surface area (Å²) in [5, 5.41) is 0. The van der Waals surface area contributed by atoms with Gasteiger partial charge in [-0.2, -0.15) is 4.31 Å². The van der Waals surface area contributed by atoms with Gasteiger partial charge in [0.05, 0.1) is 15.9 Å². The fraction of sp³-hybridized carbons (Fsp3) is 0.200. The Morgan fingerprint density at radius 2 is 1.39 bits per heavy atom. The van der Waals surface area contributed by atoms with Crippen molar-refractivity contribution < 1.29 is 8.42 Å². The first-order valence-corrected chi connectivity index (χ1v) is 13.1. The second-order valence-electron chi connectivity index (χ2n) is 7.95. The minimum atomic E-state index is -3.55. The summed E-state index contributed by atoms with van der Waals surface area (Å²) in [5.74, 6) is 0.794. The van der Waals surface area contributed by atoms with Gasteiger partial charge in [0.1, 0.15) is 5.69 Å². The summed E-state index contributed by atoms with van der Waals surface area (Å²) in [6.45, 7) is 2.11. The van der Waals surface area contributed by atoms with Gasteiger partial charge < -0.3 is 4.90 Å². The van der Waals surface area contributed by atoms with Gasteiger partial charge in [-0.3, -0.25) is 0 Å². The number of halogens is 1. The molecule has 4 aromatic rings. The highest BCUT2D eigenvalue weighted by molar-refractivity contribution is 9.10. The van der Waals surface area contributed by atoms with Crippen molar-refractivity contribution in [3.05, 3.63) is 83.3 Å². The number of aromatic nitrogens is 2. The summed E-state index contributed by atoms with van der Waals surface area (Å²) in [4.78, 5) is 12.4. The third kappa shape index (κ3) is 4.51. The molecule has 3 aromatic carbocycles. The minimum absolute atomic E-state index is 0.314. The van der Waals surface area contributed by atoms with Crippen LogP contribution < -0.4 is 4.90 Å². The van der Waals surface area contributed by atoms with Crippen LogP contribution in [0.3, 0.4) is 0 Å². The van der Waals surface area contributed by atoms with E-state index in [1.54, 1.807) is 28.6 Å². The van der Waals surface area contributed by atoms with Crippen LogP contribution in [-0.4, -0.2) is 48.9 Å². The second kappa shape index (κ2) is 9.21. The van der Waals surface area contributed by atoms with E-state index >= 15 is 0 Å². The van der Waals surface area contributed by atoms with E-state index in [1.165, 1.54) is 0 Å². The minimum Gasteiger partial charge on any atom is -0.353 e. The number of sulfonamides is 1. The summed E-state index contributed by atoms with van der Waals surface area (Å²) >= 11 is 3.37. The molecule has 8 heteroatoms. The molecular weight excluding hydrogens is 500 g/mol. The fourth-order valence-corrected chi connectivity index (χ4v) is 5.84. The lowest BCUT2D eigenvalue weighted by atomic mass is 10.1. The molecule has 0 bridgehead atoms. The Labute approximate surface area is 202 Å². The third-order valence-corrected chi connectivity index (χ3v) is 8.25. The largest absolute Gasteiger partial charge is 0.353 e. The quantitative estimate of drug-likeness (QED) is 0.379. The number of rotatable bonds is 4. The molecule has 1 saturated heterocycles. The number of nitrogens with zero attached hydrogens (tertiary/aromatic N) is 4. The van der Waals surface area contributed by atoms with Gasteiger partial charge in [0.25, 0.3) is 0 Å². The van der Waals surface area contributed by atoms with Gasteiger partial charge in [-0.05, 0) is 42.8 Å². The van der Waals surface area contributed by atoms with Crippen molar-refractivity contribution in [1.82, 2.24) is 14.3 Å². The maximum absolute atomic E-state index is 13.2. The lowest BCUT2D eigenvalue weighted by molar-refractivity contribution is 0.433. The Kier molecular flexibility index (Phi) is 6.14. The maximum atomic E-state index is 13.2. The zero-order valence-electron chi connectivity index (χ0n) is 17.9. The number of hydrogen-bond donors (Lipinski definition) is 0. The van der Waals surface area contributed by atoms with Gasteiger partial charge in [0.15, 0.2) is 5.82 Å². The van der Waals surface area contributed by atoms with Gasteiger partial charge >= 0.3 is 0 Å². The van der Waals surface area contributed by atoms with Crippen LogP contribution in [0, 0.1) is 0 Å². The summed E-state index contributed by atoms with van der Waals surface area (Å²) in [5.41, 5.74) is 3.48. The highest BCUT2D eigenvalue weighted by Gasteiger charge is 2.28. The van der Waals surface area contributed by atoms with Crippen LogP contribution in [-0.2, 0) is 10.0 Å². The molecule has 0 atom stereocenters. The normalized spacial score (nSPS) is 15.5. The first-order chi connectivity index (χ1) is 16.0. The molecule has 6 nitrogen and oxygen atoms in total. The third-order valence-electron chi connectivity index (χ3n) is 5.81. The van der Waals surface area contributed by atoms with Gasteiger partial charge in [-0.15, -0.1) is 0 Å². The number of para-hydroxylation sites is 2. The lowest BCUT2D eigenvalue weighted by Gasteiger charge is -2.25. The van der Waals surface area contributed by atoms with Gasteiger partial charge in [0, 0.05) is 36.2 Å². The van der Waals surface area contributed by atoms with Crippen LogP contribution in [0.4, 0.5) is 5.82 Å². The van der Waals surface area contributed by atoms with Gasteiger partial charge in [-0.1, -0.05) is 58.4 Å². The van der Waals surface area contributed by atoms with Crippen LogP contribution >= 0.6 is 15.9 Å². The first kappa shape index (κ1) is 22.0. The molecule has 0 N–H and O–H groups in total. The van der Waals surface area contributed by atoms with Crippen LogP contribution in [0.2, 0.25) is 0 Å². The molecule has 0 aliphatic carbocycles. The number of fused-ring (bicyclic) bond motifs is 1. The number of hydrogen-bond acceptors (Lipinski definition) is 5. The summed E-state index contributed by atoms with van der Waals surface area (Å²) in [6.07, 6.45) is 0.707. The van der Waals surface area contributed by atoms with E-state index in [0.717, 1.165) is 32.6 Å². The number of benzene rings is 3. The van der Waals surface area contributed by atoms with Crippen LogP contribution in [0.1, 0.15) is 6.42 Å². The molecular formula is C25H23BrN4O2S. The summed E-state index contributed by atoms with van der Waals surface area (Å²) < 4.78 is 28.9. The van der Waals surface area contributed by atoms with Crippen molar-refractivity contribution in [1.29, 1.82) is 0 Å². The molecule has 168 valence electrons. The highest BCUT2D eigenvalue weighted by atomic mass is 79.9. The van der Waals surface area contributed by atoms with Crippen molar-refractivity contribution >= 4 is 42.8 Å². The SMILES string of the molecule is O=S(=O)(c1ccc(Br)cc1)N1CCCN(c2nc3ccccc3nc2-c2ccccc2)CC1. The molecule has 0 amide bonds. The topological polar surface area (TPSA) is 66.4 Å². The molecule has 1 aliphatic heterocycles. The number of anilines is 1. The molecule has 33 heavy (non-hydrogen) atoms. The van der Waals surface area contributed by atoms with E-state index in [2.05, 4.69) is 20.8 Å². The van der Waals surface area contributed by atoms with Crippen LogP contribution in [0.25, 0.3) is 22.3 Å². The Bertz CT molecular complexity index is 1380. The lowest BCUT2D eigenvalue weighted by Crippen LogP contribution is -2.35. The highest BCUT2D eigenvalue weighted by Crippen LogP contribution is 2.31. The Balaban J connectivity index is 1.48. The molecule has 0 unspecified atom stereocenters. The summed E-state index contributed by atoms with van der Waals surface area (Å²) in [6, 6.07) is 24.7. The smallest absolute Gasteiger partial charge is 0.243 e. The van der Waals surface area contributed by atoms with Gasteiger partial charge in [-0.25, -0.2) is 18.4 Å². The molecule has 2 heterocycles. The standard InChI is InChI=1S/C25H23BrN4O2S/c26-20-11-13-21(14-12-20)33(31,32)30-16-6-15-29(17-18-30)25-24(19-7-2-1-3-8-19)27-22-9-4-5-10-23(22)28-25/h1-5,7-14H,6,15-18H2. The molecule has 5 rings (SSSR count). The van der Waals surface area contributed by atoms with E-state index in [-0.39, 0.29) is 0 Å². The van der Waals surface area contributed by atoms with Crippen molar-refractivity contribution in [2.45, 2.75) is 11.3 Å². The van der Waals surface area contributed by atoms with E-state index in [0.29, 0.717) is 37.5 Å². The average molecular weight is 523 g/mol. The molecule has 0 radical (unpaired) electrons. The predicted octanol–water partition coefficient (Wildman–Crippen LogP) is 4.96. The van der Waals surface area contributed by atoms with E-state index < -0.39 is 10.0 Å². The average Bonchev–Trinajstić information content (AvgIpc) is 3.11. The molecule has 0 saturated carbocycles. The maximum Gasteiger partial charge on any atom is 0.243 e. The predicted molar refractivity (Wildman–Crippen MR) is 135 cm³/mol. The van der Waals surface area contributed by atoms with Crippen LogP contribution in [0.15, 0.2) is 88.2 Å². The van der Waals surface area contributed by atoms with Crippen molar-refractivity contribution in [2.75, 3.05) is 31.1 Å². The van der Waals surface area contributed by atoms with Crippen molar-refractivity contribution in [3.63, 3.8) is 0 Å². The summed E-state index contributed by atoms with van der Waals surface area (Å²) in [7, 11) is -3.55. The van der Waals surface area contributed by atoms with Crippen LogP contribution in [0.5, 0.6) is 0 Å². The fourth-order valence-electron chi connectivity index (χ4n) is 4.10. The van der Waals surface area contributed by atoms with Crippen molar-refractivity contribution in [3.8, 4) is 11.3 Å². The van der Waals surface area contributed by atoms with Crippen molar-refractivity contribution in [2.24, 2.45) is 0 Å². The van der Waals surface area contributed by atoms with Gasteiger partial charge in [0.2, 0.25) is 10.0 Å². The molecule has 1 fully saturated rings. The Morgan fingerprint density at radius 3 is 2.12 bits per heavy atom. The zero-order valence-corrected chi connectivity index (χ0v) is 20.3. The zero-order chi connectivity index (χ0) is 22.8. The molecule has 1 aliphatic rings. The van der Waals surface area contributed by atoms with E-state index in [4.69, 9.17) is 9.97 Å². The monoisotopic (exact) mass is 522 g/mol. The molecule has 1 aromatic heterocycles.